The van der Waals surface area contributed by atoms with Crippen LogP contribution in [0.25, 0.3) is 15.9 Å². The van der Waals surface area contributed by atoms with Gasteiger partial charge in [0.15, 0.2) is 0 Å². The van der Waals surface area contributed by atoms with Crippen LogP contribution in [0.5, 0.6) is 5.75 Å². The van der Waals surface area contributed by atoms with Gasteiger partial charge in [0.05, 0.1) is 23.1 Å². The Labute approximate surface area is 152 Å². The number of ether oxygens (including phenoxy) is 1. The van der Waals surface area contributed by atoms with E-state index in [9.17, 15) is 9.59 Å². The van der Waals surface area contributed by atoms with E-state index in [-0.39, 0.29) is 11.5 Å². The van der Waals surface area contributed by atoms with Crippen molar-refractivity contribution in [2.24, 2.45) is 0 Å². The molecule has 0 unspecified atom stereocenters. The lowest BCUT2D eigenvalue weighted by atomic mass is 10.2. The van der Waals surface area contributed by atoms with Gasteiger partial charge in [0.1, 0.15) is 16.2 Å². The van der Waals surface area contributed by atoms with E-state index in [0.717, 1.165) is 5.56 Å². The Hall–Kier alpha value is -3.19. The summed E-state index contributed by atoms with van der Waals surface area (Å²) in [6.07, 6.45) is 1.68. The van der Waals surface area contributed by atoms with E-state index >= 15 is 0 Å². The lowest BCUT2D eigenvalue weighted by Gasteiger charge is -2.08. The third-order valence-electron chi connectivity index (χ3n) is 4.11. The van der Waals surface area contributed by atoms with Crippen LogP contribution in [0.15, 0.2) is 53.5 Å². The molecule has 1 N–H and O–H groups in total. The Balaban J connectivity index is 1.79. The Bertz CT molecular complexity index is 1210. The van der Waals surface area contributed by atoms with Crippen molar-refractivity contribution in [2.75, 3.05) is 12.4 Å². The minimum atomic E-state index is -0.303. The van der Waals surface area contributed by atoms with E-state index in [1.165, 1.54) is 15.7 Å². The van der Waals surface area contributed by atoms with Gasteiger partial charge >= 0.3 is 0 Å². The summed E-state index contributed by atoms with van der Waals surface area (Å²) in [5.74, 6) is 0.268. The van der Waals surface area contributed by atoms with Crippen molar-refractivity contribution in [3.05, 3.63) is 69.5 Å². The maximum atomic E-state index is 12.7. The number of nitrogens with one attached hydrogen (secondary N) is 1. The molecule has 0 spiro atoms. The smallest absolute Gasteiger partial charge is 0.266 e. The van der Waals surface area contributed by atoms with Crippen LogP contribution in [0.4, 0.5) is 5.69 Å². The topological polar surface area (TPSA) is 72.7 Å². The summed E-state index contributed by atoms with van der Waals surface area (Å²) in [6, 6.07) is 12.5. The second-order valence-corrected chi connectivity index (χ2v) is 6.82. The first kappa shape index (κ1) is 16.3. The number of hydrogen-bond acceptors (Lipinski definition) is 5. The molecular formula is C19H15N3O3S. The second kappa shape index (κ2) is 6.27. The van der Waals surface area contributed by atoms with Crippen molar-refractivity contribution >= 4 is 38.8 Å². The predicted octanol–water partition coefficient (Wildman–Crippen LogP) is 3.48. The van der Waals surface area contributed by atoms with E-state index < -0.39 is 0 Å². The number of aromatic nitrogens is 2. The van der Waals surface area contributed by atoms with E-state index in [1.807, 2.05) is 25.1 Å². The van der Waals surface area contributed by atoms with Crippen LogP contribution >= 0.6 is 11.3 Å². The lowest BCUT2D eigenvalue weighted by Crippen LogP contribution is -2.14. The van der Waals surface area contributed by atoms with Gasteiger partial charge in [0, 0.05) is 6.20 Å². The summed E-state index contributed by atoms with van der Waals surface area (Å²) >= 11 is 1.20. The van der Waals surface area contributed by atoms with Gasteiger partial charge in [-0.1, -0.05) is 18.2 Å². The number of amides is 1. The average molecular weight is 365 g/mol. The molecule has 0 saturated heterocycles. The number of rotatable bonds is 3. The zero-order valence-corrected chi connectivity index (χ0v) is 15.0. The standard InChI is InChI=1S/C19H15N3O3S/c1-11-6-5-9-22-16(11)21-18-12(19(22)24)10-15(26-18)17(23)20-13-7-3-4-8-14(13)25-2/h3-10H,1-2H3,(H,20,23). The van der Waals surface area contributed by atoms with Gasteiger partial charge in [-0.3, -0.25) is 14.0 Å². The number of fused-ring (bicyclic) bond motifs is 2. The summed E-state index contributed by atoms with van der Waals surface area (Å²) in [7, 11) is 1.54. The fraction of sp³-hybridized carbons (Fsp3) is 0.105. The maximum Gasteiger partial charge on any atom is 0.266 e. The molecule has 26 heavy (non-hydrogen) atoms. The number of anilines is 1. The average Bonchev–Trinajstić information content (AvgIpc) is 3.08. The van der Waals surface area contributed by atoms with Gasteiger partial charge in [-0.25, -0.2) is 4.98 Å². The van der Waals surface area contributed by atoms with E-state index in [1.54, 1.807) is 37.6 Å². The van der Waals surface area contributed by atoms with Crippen LogP contribution in [-0.2, 0) is 0 Å². The molecule has 1 aromatic carbocycles. The summed E-state index contributed by atoms with van der Waals surface area (Å²) in [4.78, 5) is 30.9. The third kappa shape index (κ3) is 2.62. The molecule has 7 heteroatoms. The number of thiophene rings is 1. The fourth-order valence-corrected chi connectivity index (χ4v) is 3.72. The molecule has 0 aliphatic rings. The van der Waals surface area contributed by atoms with Gasteiger partial charge < -0.3 is 10.1 Å². The Morgan fingerprint density at radius 1 is 1.23 bits per heavy atom. The number of pyridine rings is 1. The van der Waals surface area contributed by atoms with E-state index in [0.29, 0.717) is 32.2 Å². The van der Waals surface area contributed by atoms with E-state index in [2.05, 4.69) is 10.3 Å². The monoisotopic (exact) mass is 365 g/mol. The summed E-state index contributed by atoms with van der Waals surface area (Å²) in [6.45, 7) is 1.90. The first-order valence-corrected chi connectivity index (χ1v) is 8.76. The van der Waals surface area contributed by atoms with Gasteiger partial charge in [-0.2, -0.15) is 0 Å². The molecule has 3 aromatic heterocycles. The predicted molar refractivity (Wildman–Crippen MR) is 103 cm³/mol. The highest BCUT2D eigenvalue weighted by atomic mass is 32.1. The highest BCUT2D eigenvalue weighted by Crippen LogP contribution is 2.27. The van der Waals surface area contributed by atoms with Crippen molar-refractivity contribution in [1.29, 1.82) is 0 Å². The molecule has 0 saturated carbocycles. The quantitative estimate of drug-likeness (QED) is 0.603. The summed E-state index contributed by atoms with van der Waals surface area (Å²) < 4.78 is 6.75. The largest absolute Gasteiger partial charge is 0.495 e. The third-order valence-corrected chi connectivity index (χ3v) is 5.14. The number of carbonyl (C=O) groups excluding carboxylic acids is 1. The van der Waals surface area contributed by atoms with Gasteiger partial charge in [-0.05, 0) is 36.8 Å². The molecule has 4 aromatic rings. The van der Waals surface area contributed by atoms with Gasteiger partial charge in [0.25, 0.3) is 11.5 Å². The van der Waals surface area contributed by atoms with Crippen molar-refractivity contribution in [3.8, 4) is 5.75 Å². The van der Waals surface area contributed by atoms with Crippen molar-refractivity contribution in [3.63, 3.8) is 0 Å². The van der Waals surface area contributed by atoms with Crippen LogP contribution in [0.2, 0.25) is 0 Å². The lowest BCUT2D eigenvalue weighted by molar-refractivity contribution is 0.103. The first-order valence-electron chi connectivity index (χ1n) is 7.94. The van der Waals surface area contributed by atoms with Crippen molar-refractivity contribution in [2.45, 2.75) is 6.92 Å². The zero-order chi connectivity index (χ0) is 18.3. The molecule has 1 amide bonds. The number of hydrogen-bond donors (Lipinski definition) is 1. The van der Waals surface area contributed by atoms with Crippen LogP contribution < -0.4 is 15.6 Å². The van der Waals surface area contributed by atoms with Crippen LogP contribution in [-0.4, -0.2) is 22.4 Å². The Morgan fingerprint density at radius 2 is 2.04 bits per heavy atom. The Kier molecular flexibility index (Phi) is 3.93. The summed E-state index contributed by atoms with van der Waals surface area (Å²) in [5, 5.41) is 3.25. The fourth-order valence-electron chi connectivity index (χ4n) is 2.80. The first-order chi connectivity index (χ1) is 12.6. The molecule has 6 nitrogen and oxygen atoms in total. The molecule has 0 radical (unpaired) electrons. The van der Waals surface area contributed by atoms with Gasteiger partial charge in [-0.15, -0.1) is 11.3 Å². The molecule has 0 atom stereocenters. The normalized spacial score (nSPS) is 11.0. The van der Waals surface area contributed by atoms with Crippen LogP contribution in [0.3, 0.4) is 0 Å². The molecular weight excluding hydrogens is 350 g/mol. The molecule has 3 heterocycles. The number of methoxy groups -OCH3 is 1. The van der Waals surface area contributed by atoms with Crippen molar-refractivity contribution < 1.29 is 9.53 Å². The maximum absolute atomic E-state index is 12.7. The molecule has 0 bridgehead atoms. The molecule has 130 valence electrons. The minimum Gasteiger partial charge on any atom is -0.495 e. The SMILES string of the molecule is COc1ccccc1NC(=O)c1cc2c(=O)n3cccc(C)c3nc2s1. The van der Waals surface area contributed by atoms with Crippen molar-refractivity contribution in [1.82, 2.24) is 9.38 Å². The van der Waals surface area contributed by atoms with E-state index in [4.69, 9.17) is 4.74 Å². The van der Waals surface area contributed by atoms with Crippen LogP contribution in [0, 0.1) is 6.92 Å². The highest BCUT2D eigenvalue weighted by Gasteiger charge is 2.16. The summed E-state index contributed by atoms with van der Waals surface area (Å²) in [5.41, 5.74) is 1.90. The molecule has 0 aliphatic heterocycles. The second-order valence-electron chi connectivity index (χ2n) is 5.79. The zero-order valence-electron chi connectivity index (χ0n) is 14.1. The number of benzene rings is 1. The molecule has 0 aliphatic carbocycles. The molecule has 4 rings (SSSR count). The highest BCUT2D eigenvalue weighted by molar-refractivity contribution is 7.20. The number of nitrogens with zero attached hydrogens (tertiary/aromatic N) is 2. The Morgan fingerprint density at radius 3 is 2.85 bits per heavy atom. The molecule has 0 fully saturated rings. The number of para-hydroxylation sites is 2. The van der Waals surface area contributed by atoms with Crippen LogP contribution in [0.1, 0.15) is 15.2 Å². The number of aryl methyl sites for hydroxylation is 1. The van der Waals surface area contributed by atoms with Gasteiger partial charge in [0.2, 0.25) is 0 Å². The minimum absolute atomic E-state index is 0.179. The number of carbonyl (C=O) groups is 1.